The Kier molecular flexibility index (Phi) is 5.45. The van der Waals surface area contributed by atoms with Gasteiger partial charge in [-0.05, 0) is 26.8 Å². The SMILES string of the molecule is Cc1nc(C)c(CNc2ccc([N+](=O)[O-])cc2C(=O)NC(=N)N)nc1C. The minimum atomic E-state index is -0.716. The van der Waals surface area contributed by atoms with Gasteiger partial charge in [0.1, 0.15) is 0 Å². The number of benzene rings is 1. The zero-order valence-electron chi connectivity index (χ0n) is 14.6. The highest BCUT2D eigenvalue weighted by atomic mass is 16.6. The molecule has 0 saturated heterocycles. The number of aryl methyl sites for hydroxylation is 3. The van der Waals surface area contributed by atoms with Gasteiger partial charge in [-0.15, -0.1) is 0 Å². The lowest BCUT2D eigenvalue weighted by Crippen LogP contribution is -2.36. The number of rotatable bonds is 5. The first-order valence-electron chi connectivity index (χ1n) is 7.67. The van der Waals surface area contributed by atoms with E-state index < -0.39 is 16.8 Å². The van der Waals surface area contributed by atoms with Crippen LogP contribution in [0.15, 0.2) is 18.2 Å². The van der Waals surface area contributed by atoms with Gasteiger partial charge in [-0.1, -0.05) is 0 Å². The van der Waals surface area contributed by atoms with Gasteiger partial charge in [-0.25, -0.2) is 0 Å². The maximum absolute atomic E-state index is 12.2. The number of nitrogens with zero attached hydrogens (tertiary/aromatic N) is 3. The molecule has 1 amide bonds. The fourth-order valence-electron chi connectivity index (χ4n) is 2.29. The van der Waals surface area contributed by atoms with Crippen molar-refractivity contribution in [2.45, 2.75) is 27.3 Å². The number of aromatic nitrogens is 2. The van der Waals surface area contributed by atoms with Crippen molar-refractivity contribution in [3.05, 3.63) is 56.7 Å². The number of non-ortho nitro benzene ring substituents is 1. The predicted octanol–water partition coefficient (Wildman–Crippen LogP) is 1.55. The number of guanidine groups is 1. The molecule has 1 aromatic carbocycles. The van der Waals surface area contributed by atoms with Gasteiger partial charge >= 0.3 is 0 Å². The van der Waals surface area contributed by atoms with Crippen LogP contribution in [-0.4, -0.2) is 26.8 Å². The number of amides is 1. The summed E-state index contributed by atoms with van der Waals surface area (Å²) in [6, 6.07) is 3.84. The first-order valence-corrected chi connectivity index (χ1v) is 7.67. The predicted molar refractivity (Wildman–Crippen MR) is 96.0 cm³/mol. The summed E-state index contributed by atoms with van der Waals surface area (Å²) in [5.74, 6) is -1.27. The molecule has 0 bridgehead atoms. The Morgan fingerprint density at radius 2 is 1.88 bits per heavy atom. The summed E-state index contributed by atoms with van der Waals surface area (Å²) in [5.41, 5.74) is 8.37. The second kappa shape index (κ2) is 7.55. The smallest absolute Gasteiger partial charge is 0.270 e. The van der Waals surface area contributed by atoms with E-state index in [1.165, 1.54) is 12.1 Å². The van der Waals surface area contributed by atoms with Gasteiger partial charge in [-0.3, -0.25) is 35.6 Å². The zero-order chi connectivity index (χ0) is 19.4. The molecule has 0 aliphatic carbocycles. The normalized spacial score (nSPS) is 10.3. The van der Waals surface area contributed by atoms with Gasteiger partial charge in [0, 0.05) is 17.8 Å². The minimum absolute atomic E-state index is 0.00356. The Morgan fingerprint density at radius 1 is 1.23 bits per heavy atom. The van der Waals surface area contributed by atoms with Crippen LogP contribution in [0.2, 0.25) is 0 Å². The number of carbonyl (C=O) groups is 1. The molecule has 2 rings (SSSR count). The van der Waals surface area contributed by atoms with Crippen LogP contribution in [0.25, 0.3) is 0 Å². The largest absolute Gasteiger partial charge is 0.379 e. The van der Waals surface area contributed by atoms with E-state index in [0.717, 1.165) is 23.1 Å². The molecule has 0 radical (unpaired) electrons. The van der Waals surface area contributed by atoms with Crippen molar-refractivity contribution >= 4 is 23.2 Å². The van der Waals surface area contributed by atoms with E-state index in [1.54, 1.807) is 0 Å². The van der Waals surface area contributed by atoms with Crippen LogP contribution in [0.5, 0.6) is 0 Å². The summed E-state index contributed by atoms with van der Waals surface area (Å²) in [4.78, 5) is 31.4. The molecule has 0 unspecified atom stereocenters. The number of anilines is 1. The van der Waals surface area contributed by atoms with Crippen LogP contribution in [-0.2, 0) is 6.54 Å². The van der Waals surface area contributed by atoms with E-state index in [0.29, 0.717) is 11.4 Å². The van der Waals surface area contributed by atoms with Crippen molar-refractivity contribution in [1.29, 1.82) is 5.41 Å². The lowest BCUT2D eigenvalue weighted by molar-refractivity contribution is -0.384. The molecule has 10 heteroatoms. The fourth-order valence-corrected chi connectivity index (χ4v) is 2.29. The van der Waals surface area contributed by atoms with Crippen molar-refractivity contribution < 1.29 is 9.72 Å². The Morgan fingerprint density at radius 3 is 2.50 bits per heavy atom. The van der Waals surface area contributed by atoms with Crippen LogP contribution in [0, 0.1) is 36.3 Å². The highest BCUT2D eigenvalue weighted by Gasteiger charge is 2.18. The number of nitrogens with one attached hydrogen (secondary N) is 3. The topological polar surface area (TPSA) is 160 Å². The number of hydrogen-bond acceptors (Lipinski definition) is 7. The van der Waals surface area contributed by atoms with Crippen molar-refractivity contribution in [3.63, 3.8) is 0 Å². The summed E-state index contributed by atoms with van der Waals surface area (Å²) < 4.78 is 0. The third-order valence-corrected chi connectivity index (χ3v) is 3.73. The lowest BCUT2D eigenvalue weighted by Gasteiger charge is -2.13. The summed E-state index contributed by atoms with van der Waals surface area (Å²) in [5, 5.41) is 23.3. The first kappa shape index (κ1) is 18.8. The van der Waals surface area contributed by atoms with Crippen LogP contribution in [0.3, 0.4) is 0 Å². The Labute approximate surface area is 149 Å². The molecular formula is C16H19N7O3. The van der Waals surface area contributed by atoms with Crippen molar-refractivity contribution in [3.8, 4) is 0 Å². The molecule has 5 N–H and O–H groups in total. The van der Waals surface area contributed by atoms with E-state index in [2.05, 4.69) is 20.6 Å². The molecule has 2 aromatic rings. The van der Waals surface area contributed by atoms with Gasteiger partial charge in [0.15, 0.2) is 5.96 Å². The molecule has 1 heterocycles. The molecule has 136 valence electrons. The van der Waals surface area contributed by atoms with Crippen LogP contribution in [0.4, 0.5) is 11.4 Å². The van der Waals surface area contributed by atoms with Crippen LogP contribution >= 0.6 is 0 Å². The maximum Gasteiger partial charge on any atom is 0.270 e. The van der Waals surface area contributed by atoms with E-state index in [9.17, 15) is 14.9 Å². The standard InChI is InChI=1S/C16H19N7O3/c1-8-9(2)21-14(10(3)20-8)7-19-13-5-4-11(23(25)26)6-12(13)15(24)22-16(17)18/h4-6,19H,7H2,1-3H3,(H4,17,18,22,24). The number of hydrogen-bond donors (Lipinski definition) is 4. The van der Waals surface area contributed by atoms with Crippen molar-refractivity contribution in [1.82, 2.24) is 15.3 Å². The highest BCUT2D eigenvalue weighted by molar-refractivity contribution is 6.08. The molecule has 0 aliphatic heterocycles. The second-order valence-corrected chi connectivity index (χ2v) is 5.63. The lowest BCUT2D eigenvalue weighted by atomic mass is 10.1. The van der Waals surface area contributed by atoms with E-state index >= 15 is 0 Å². The molecule has 0 spiro atoms. The molecular weight excluding hydrogens is 338 g/mol. The average Bonchev–Trinajstić information content (AvgIpc) is 2.56. The fraction of sp³-hybridized carbons (Fsp3) is 0.250. The van der Waals surface area contributed by atoms with E-state index in [1.807, 2.05) is 20.8 Å². The molecule has 0 saturated carbocycles. The second-order valence-electron chi connectivity index (χ2n) is 5.63. The van der Waals surface area contributed by atoms with Gasteiger partial charge < -0.3 is 11.1 Å². The van der Waals surface area contributed by atoms with Gasteiger partial charge in [0.05, 0.1) is 39.8 Å². The Bertz CT molecular complexity index is 896. The summed E-state index contributed by atoms with van der Waals surface area (Å²) in [6.45, 7) is 5.82. The third-order valence-electron chi connectivity index (χ3n) is 3.73. The minimum Gasteiger partial charge on any atom is -0.379 e. The third kappa shape index (κ3) is 4.29. The van der Waals surface area contributed by atoms with Gasteiger partial charge in [0.2, 0.25) is 0 Å². The summed E-state index contributed by atoms with van der Waals surface area (Å²) in [7, 11) is 0. The summed E-state index contributed by atoms with van der Waals surface area (Å²) in [6.07, 6.45) is 0. The summed E-state index contributed by atoms with van der Waals surface area (Å²) >= 11 is 0. The average molecular weight is 357 g/mol. The Hall–Kier alpha value is -3.56. The zero-order valence-corrected chi connectivity index (χ0v) is 14.6. The van der Waals surface area contributed by atoms with Gasteiger partial charge in [-0.2, -0.15) is 0 Å². The molecule has 26 heavy (non-hydrogen) atoms. The number of nitro groups is 1. The number of carbonyl (C=O) groups excluding carboxylic acids is 1. The monoisotopic (exact) mass is 357 g/mol. The van der Waals surface area contributed by atoms with Crippen molar-refractivity contribution in [2.75, 3.05) is 5.32 Å². The van der Waals surface area contributed by atoms with E-state index in [-0.39, 0.29) is 17.8 Å². The van der Waals surface area contributed by atoms with E-state index in [4.69, 9.17) is 11.1 Å². The van der Waals surface area contributed by atoms with Gasteiger partial charge in [0.25, 0.3) is 11.6 Å². The molecule has 0 atom stereocenters. The van der Waals surface area contributed by atoms with Crippen LogP contribution < -0.4 is 16.4 Å². The molecule has 0 fully saturated rings. The van der Waals surface area contributed by atoms with Crippen molar-refractivity contribution in [2.24, 2.45) is 5.73 Å². The molecule has 0 aliphatic rings. The first-order chi connectivity index (χ1) is 12.2. The maximum atomic E-state index is 12.2. The number of nitrogens with two attached hydrogens (primary N) is 1. The highest BCUT2D eigenvalue weighted by Crippen LogP contribution is 2.23. The Balaban J connectivity index is 2.33. The molecule has 1 aromatic heterocycles. The number of nitro benzene ring substituents is 1. The molecule has 10 nitrogen and oxygen atoms in total. The van der Waals surface area contributed by atoms with Crippen LogP contribution in [0.1, 0.15) is 33.1 Å². The quantitative estimate of drug-likeness (QED) is 0.273.